The molecule has 41 heavy (non-hydrogen) atoms. The van der Waals surface area contributed by atoms with Crippen LogP contribution in [0.15, 0.2) is 91.1 Å². The number of amides is 3. The maximum atomic E-state index is 12.8. The highest BCUT2D eigenvalue weighted by Crippen LogP contribution is 2.23. The van der Waals surface area contributed by atoms with Gasteiger partial charge in [0.15, 0.2) is 5.78 Å². The number of rotatable bonds is 6. The summed E-state index contributed by atoms with van der Waals surface area (Å²) in [6.45, 7) is 0.737. The highest BCUT2D eigenvalue weighted by atomic mass is 16.4. The molecule has 3 amide bonds. The average Bonchev–Trinajstić information content (AvgIpc) is 3.00. The molecule has 0 unspecified atom stereocenters. The number of aliphatic carboxylic acids is 1. The second kappa shape index (κ2) is 13.2. The molecule has 3 aromatic carbocycles. The predicted molar refractivity (Wildman–Crippen MR) is 157 cm³/mol. The van der Waals surface area contributed by atoms with Gasteiger partial charge in [-0.3, -0.25) is 19.3 Å². The van der Waals surface area contributed by atoms with Crippen molar-refractivity contribution in [3.05, 3.63) is 102 Å². The van der Waals surface area contributed by atoms with E-state index in [1.165, 1.54) is 4.90 Å². The summed E-state index contributed by atoms with van der Waals surface area (Å²) in [7, 11) is 0. The van der Waals surface area contributed by atoms with Crippen molar-refractivity contribution in [1.29, 1.82) is 0 Å². The normalized spacial score (nSPS) is 13.1. The van der Waals surface area contributed by atoms with Crippen LogP contribution in [0.25, 0.3) is 10.8 Å². The number of ketones is 1. The molecule has 1 aromatic heterocycles. The van der Waals surface area contributed by atoms with Crippen LogP contribution in [0, 0.1) is 5.92 Å². The molecule has 4 aromatic rings. The van der Waals surface area contributed by atoms with Gasteiger partial charge in [0.05, 0.1) is 0 Å². The molecule has 0 radical (unpaired) electrons. The lowest BCUT2D eigenvalue weighted by molar-refractivity contribution is -0.135. The van der Waals surface area contributed by atoms with Gasteiger partial charge in [-0.25, -0.2) is 9.78 Å². The number of piperidine rings is 1. The van der Waals surface area contributed by atoms with Crippen LogP contribution >= 0.6 is 0 Å². The number of primary amides is 1. The summed E-state index contributed by atoms with van der Waals surface area (Å²) >= 11 is 0. The molecule has 210 valence electrons. The molecule has 2 heterocycles. The Labute approximate surface area is 237 Å². The number of nitrogens with zero attached hydrogens (tertiary/aromatic N) is 3. The second-order valence-corrected chi connectivity index (χ2v) is 9.58. The molecule has 1 aliphatic heterocycles. The number of nitrogen functional groups attached to an aromatic ring is 1. The van der Waals surface area contributed by atoms with Gasteiger partial charge in [0.2, 0.25) is 0 Å². The maximum Gasteiger partial charge on any atom is 0.323 e. The van der Waals surface area contributed by atoms with Crippen molar-refractivity contribution in [3.63, 3.8) is 0 Å². The molecule has 5 N–H and O–H groups in total. The molecule has 10 nitrogen and oxygen atoms in total. The number of likely N-dealkylation sites (tertiary alicyclic amines) is 1. The monoisotopic (exact) mass is 553 g/mol. The van der Waals surface area contributed by atoms with Gasteiger partial charge in [-0.15, -0.1) is 0 Å². The number of carboxylic acid groups (broad SMARTS) is 1. The fraction of sp³-hybridized carbons (Fsp3) is 0.194. The smallest absolute Gasteiger partial charge is 0.323 e. The van der Waals surface area contributed by atoms with Crippen molar-refractivity contribution in [2.75, 3.05) is 30.3 Å². The van der Waals surface area contributed by atoms with E-state index in [0.717, 1.165) is 10.9 Å². The van der Waals surface area contributed by atoms with Crippen LogP contribution in [0.5, 0.6) is 0 Å². The molecular weight excluding hydrogens is 522 g/mol. The molecule has 0 spiro atoms. The highest BCUT2D eigenvalue weighted by Gasteiger charge is 2.27. The van der Waals surface area contributed by atoms with Gasteiger partial charge >= 0.3 is 12.0 Å². The number of Topliss-reactive ketones (excluding diaryl/α,β-unsaturated/α-hetero) is 1. The van der Waals surface area contributed by atoms with Crippen molar-refractivity contribution >= 4 is 46.0 Å². The maximum absolute atomic E-state index is 12.8. The molecule has 5 rings (SSSR count). The lowest BCUT2D eigenvalue weighted by Crippen LogP contribution is -2.43. The Morgan fingerprint density at radius 2 is 1.51 bits per heavy atom. The Morgan fingerprint density at radius 3 is 2.12 bits per heavy atom. The Morgan fingerprint density at radius 1 is 0.878 bits per heavy atom. The van der Waals surface area contributed by atoms with Crippen LogP contribution in [0.3, 0.4) is 0 Å². The van der Waals surface area contributed by atoms with Gasteiger partial charge in [0.25, 0.3) is 5.91 Å². The largest absolute Gasteiger partial charge is 0.480 e. The molecule has 10 heteroatoms. The van der Waals surface area contributed by atoms with E-state index in [2.05, 4.69) is 4.98 Å². The molecule has 1 fully saturated rings. The standard InChI is InChI=1S/C18H15N3O3.C13H16N2O2/c19-17-15-10-13(7-6-12(15)8-9-20-17)18(24)21(11-16(22)23)14-4-2-1-3-5-14;14-13(17)15-8-6-11(7-9-15)12(16)10-4-2-1-3-5-10/h1-10H,11H2,(H2,19,20)(H,22,23);1-5,11H,6-9H2,(H2,14,17). The topological polar surface area (TPSA) is 160 Å². The van der Waals surface area contributed by atoms with Crippen LogP contribution in [-0.2, 0) is 4.79 Å². The first-order valence-corrected chi connectivity index (χ1v) is 13.1. The first-order valence-electron chi connectivity index (χ1n) is 13.1. The summed E-state index contributed by atoms with van der Waals surface area (Å²) in [5, 5.41) is 10.7. The third kappa shape index (κ3) is 7.24. The van der Waals surface area contributed by atoms with Gasteiger partial charge in [-0.2, -0.15) is 0 Å². The first kappa shape index (κ1) is 28.8. The molecular formula is C31H31N5O5. The van der Waals surface area contributed by atoms with Gasteiger partial charge in [-0.1, -0.05) is 54.6 Å². The number of anilines is 2. The number of pyridine rings is 1. The quantitative estimate of drug-likeness (QED) is 0.302. The van der Waals surface area contributed by atoms with Crippen LogP contribution in [0.2, 0.25) is 0 Å². The first-order chi connectivity index (χ1) is 19.7. The number of benzene rings is 3. The molecule has 0 aliphatic carbocycles. The van der Waals surface area contributed by atoms with E-state index in [1.54, 1.807) is 65.7 Å². The molecule has 1 aliphatic rings. The van der Waals surface area contributed by atoms with E-state index in [1.807, 2.05) is 30.3 Å². The van der Waals surface area contributed by atoms with E-state index >= 15 is 0 Å². The number of para-hydroxylation sites is 1. The van der Waals surface area contributed by atoms with Gasteiger partial charge in [0.1, 0.15) is 12.4 Å². The Kier molecular flexibility index (Phi) is 9.26. The van der Waals surface area contributed by atoms with Gasteiger partial charge < -0.3 is 21.5 Å². The van der Waals surface area contributed by atoms with Crippen molar-refractivity contribution in [1.82, 2.24) is 9.88 Å². The number of nitrogens with two attached hydrogens (primary N) is 2. The van der Waals surface area contributed by atoms with Gasteiger partial charge in [-0.05, 0) is 48.6 Å². The van der Waals surface area contributed by atoms with Crippen LogP contribution in [0.1, 0.15) is 33.6 Å². The number of carboxylic acids is 1. The highest BCUT2D eigenvalue weighted by molar-refractivity contribution is 6.10. The van der Waals surface area contributed by atoms with Crippen LogP contribution < -0.4 is 16.4 Å². The number of aromatic nitrogens is 1. The number of hydrogen-bond donors (Lipinski definition) is 3. The van der Waals surface area contributed by atoms with E-state index in [4.69, 9.17) is 16.6 Å². The fourth-order valence-corrected chi connectivity index (χ4v) is 4.70. The van der Waals surface area contributed by atoms with Crippen molar-refractivity contribution < 1.29 is 24.3 Å². The van der Waals surface area contributed by atoms with Crippen molar-refractivity contribution in [3.8, 4) is 0 Å². The van der Waals surface area contributed by atoms with E-state index < -0.39 is 24.5 Å². The van der Waals surface area contributed by atoms with E-state index in [-0.39, 0.29) is 11.7 Å². The number of fused-ring (bicyclic) bond motifs is 1. The van der Waals surface area contributed by atoms with Crippen molar-refractivity contribution in [2.45, 2.75) is 12.8 Å². The summed E-state index contributed by atoms with van der Waals surface area (Å²) in [4.78, 5) is 53.9. The molecule has 1 saturated heterocycles. The Balaban J connectivity index is 0.000000201. The van der Waals surface area contributed by atoms with Crippen molar-refractivity contribution in [2.24, 2.45) is 11.7 Å². The molecule has 0 bridgehead atoms. The zero-order valence-corrected chi connectivity index (χ0v) is 22.3. The Bertz CT molecular complexity index is 1540. The summed E-state index contributed by atoms with van der Waals surface area (Å²) in [5.41, 5.74) is 12.7. The predicted octanol–water partition coefficient (Wildman–Crippen LogP) is 4.21. The number of urea groups is 1. The van der Waals surface area contributed by atoms with E-state index in [9.17, 15) is 19.2 Å². The summed E-state index contributed by atoms with van der Waals surface area (Å²) in [5.74, 6) is -0.975. The van der Waals surface area contributed by atoms with Gasteiger partial charge in [0, 0.05) is 47.4 Å². The van der Waals surface area contributed by atoms with Crippen LogP contribution in [0.4, 0.5) is 16.3 Å². The summed E-state index contributed by atoms with van der Waals surface area (Å²) in [6, 6.07) is 24.5. The zero-order chi connectivity index (χ0) is 29.4. The minimum Gasteiger partial charge on any atom is -0.480 e. The van der Waals surface area contributed by atoms with Crippen LogP contribution in [-0.4, -0.2) is 58.3 Å². The third-order valence-electron chi connectivity index (χ3n) is 6.89. The zero-order valence-electron chi connectivity index (χ0n) is 22.3. The SMILES string of the molecule is NC(=O)N1CCC(C(=O)c2ccccc2)CC1.Nc1nccc2ccc(C(=O)N(CC(=O)O)c3ccccc3)cc12. The van der Waals surface area contributed by atoms with E-state index in [0.29, 0.717) is 48.4 Å². The Hall–Kier alpha value is -5.25. The minimum absolute atomic E-state index is 0.0213. The minimum atomic E-state index is -1.09. The number of hydrogen-bond acceptors (Lipinski definition) is 6. The fourth-order valence-electron chi connectivity index (χ4n) is 4.70. The molecule has 0 atom stereocenters. The second-order valence-electron chi connectivity index (χ2n) is 9.58. The third-order valence-corrected chi connectivity index (χ3v) is 6.89. The lowest BCUT2D eigenvalue weighted by atomic mass is 9.89. The summed E-state index contributed by atoms with van der Waals surface area (Å²) in [6.07, 6.45) is 3.01. The molecule has 0 saturated carbocycles. The average molecular weight is 554 g/mol. The number of carbonyl (C=O) groups is 4. The lowest BCUT2D eigenvalue weighted by Gasteiger charge is -2.29. The number of carbonyl (C=O) groups excluding carboxylic acids is 3. The summed E-state index contributed by atoms with van der Waals surface area (Å²) < 4.78 is 0.